The Balaban J connectivity index is 2.01. The third-order valence-electron chi connectivity index (χ3n) is 2.91. The van der Waals surface area contributed by atoms with Crippen molar-refractivity contribution in [1.29, 1.82) is 0 Å². The Bertz CT molecular complexity index is 453. The molecule has 1 N–H and O–H groups in total. The zero-order valence-electron chi connectivity index (χ0n) is 9.97. The molecule has 0 aliphatic rings. The van der Waals surface area contributed by atoms with Gasteiger partial charge in [0.25, 0.3) is 0 Å². The molecule has 0 radical (unpaired) electrons. The molecule has 0 saturated heterocycles. The lowest BCUT2D eigenvalue weighted by molar-refractivity contribution is 0.162. The molecule has 0 fully saturated rings. The Morgan fingerprint density at radius 2 is 2.29 bits per heavy atom. The van der Waals surface area contributed by atoms with E-state index in [1.54, 1.807) is 17.5 Å². The Kier molecular flexibility index (Phi) is 4.29. The molecule has 0 bridgehead atoms. The third kappa shape index (κ3) is 3.14. The maximum atomic E-state index is 10.2. The fourth-order valence-corrected chi connectivity index (χ4v) is 2.63. The minimum absolute atomic E-state index is 0.453. The quantitative estimate of drug-likeness (QED) is 0.878. The predicted molar refractivity (Wildman–Crippen MR) is 71.2 cm³/mol. The van der Waals surface area contributed by atoms with Crippen molar-refractivity contribution >= 4 is 11.3 Å². The van der Waals surface area contributed by atoms with E-state index in [0.717, 1.165) is 30.5 Å². The smallest absolute Gasteiger partial charge is 0.0965 e. The first-order valence-electron chi connectivity index (χ1n) is 5.94. The minimum Gasteiger partial charge on any atom is -0.387 e. The zero-order chi connectivity index (χ0) is 12.1. The standard InChI is InChI=1S/C14H17NOS/c1-2-12-4-3-8-15-14(12)13(16)6-5-11-7-9-17-10-11/h3-4,7-10,13,16H,2,5-6H2,1H3. The van der Waals surface area contributed by atoms with E-state index in [0.29, 0.717) is 0 Å². The topological polar surface area (TPSA) is 33.1 Å². The van der Waals surface area contributed by atoms with Crippen LogP contribution in [0.1, 0.15) is 36.3 Å². The molecule has 0 aliphatic heterocycles. The summed E-state index contributed by atoms with van der Waals surface area (Å²) in [5.41, 5.74) is 3.28. The molecule has 0 aromatic carbocycles. The van der Waals surface area contributed by atoms with Gasteiger partial charge >= 0.3 is 0 Å². The largest absolute Gasteiger partial charge is 0.387 e. The maximum absolute atomic E-state index is 10.2. The van der Waals surface area contributed by atoms with Gasteiger partial charge in [-0.15, -0.1) is 0 Å². The summed E-state index contributed by atoms with van der Waals surface area (Å²) in [4.78, 5) is 4.30. The van der Waals surface area contributed by atoms with Gasteiger partial charge in [0, 0.05) is 6.20 Å². The number of pyridine rings is 1. The highest BCUT2D eigenvalue weighted by atomic mass is 32.1. The van der Waals surface area contributed by atoms with Gasteiger partial charge in [0.15, 0.2) is 0 Å². The first-order chi connectivity index (χ1) is 8.31. The van der Waals surface area contributed by atoms with Crippen molar-refractivity contribution in [1.82, 2.24) is 4.98 Å². The molecule has 0 amide bonds. The van der Waals surface area contributed by atoms with Gasteiger partial charge in [-0.25, -0.2) is 0 Å². The van der Waals surface area contributed by atoms with Gasteiger partial charge in [0.05, 0.1) is 11.8 Å². The average molecular weight is 247 g/mol. The second-order valence-corrected chi connectivity index (χ2v) is 4.87. The summed E-state index contributed by atoms with van der Waals surface area (Å²) in [6, 6.07) is 6.07. The summed E-state index contributed by atoms with van der Waals surface area (Å²) in [5.74, 6) is 0. The fraction of sp³-hybridized carbons (Fsp3) is 0.357. The predicted octanol–water partition coefficient (Wildman–Crippen LogP) is 3.37. The van der Waals surface area contributed by atoms with Gasteiger partial charge in [-0.2, -0.15) is 11.3 Å². The van der Waals surface area contributed by atoms with Crippen molar-refractivity contribution in [2.24, 2.45) is 0 Å². The molecular formula is C14H17NOS. The number of nitrogens with zero attached hydrogens (tertiary/aromatic N) is 1. The van der Waals surface area contributed by atoms with Crippen LogP contribution in [0, 0.1) is 0 Å². The number of hydrogen-bond donors (Lipinski definition) is 1. The fourth-order valence-electron chi connectivity index (χ4n) is 1.92. The maximum Gasteiger partial charge on any atom is 0.0965 e. The second-order valence-electron chi connectivity index (χ2n) is 4.09. The van der Waals surface area contributed by atoms with E-state index in [-0.39, 0.29) is 0 Å². The minimum atomic E-state index is -0.453. The number of aryl methyl sites for hydroxylation is 2. The zero-order valence-corrected chi connectivity index (χ0v) is 10.8. The molecule has 0 spiro atoms. The summed E-state index contributed by atoms with van der Waals surface area (Å²) in [6.07, 6.45) is 3.86. The van der Waals surface area contributed by atoms with Gasteiger partial charge in [-0.05, 0) is 53.3 Å². The summed E-state index contributed by atoms with van der Waals surface area (Å²) in [5, 5.41) is 14.4. The summed E-state index contributed by atoms with van der Waals surface area (Å²) >= 11 is 1.70. The monoisotopic (exact) mass is 247 g/mol. The van der Waals surface area contributed by atoms with Crippen LogP contribution in [-0.2, 0) is 12.8 Å². The Morgan fingerprint density at radius 3 is 3.00 bits per heavy atom. The van der Waals surface area contributed by atoms with Gasteiger partial charge in [0.1, 0.15) is 0 Å². The van der Waals surface area contributed by atoms with Crippen molar-refractivity contribution in [3.8, 4) is 0 Å². The highest BCUT2D eigenvalue weighted by Crippen LogP contribution is 2.21. The lowest BCUT2D eigenvalue weighted by atomic mass is 10.0. The van der Waals surface area contributed by atoms with Crippen LogP contribution in [0.15, 0.2) is 35.2 Å². The Morgan fingerprint density at radius 1 is 1.41 bits per heavy atom. The summed E-state index contributed by atoms with van der Waals surface area (Å²) in [7, 11) is 0. The molecule has 17 heavy (non-hydrogen) atoms. The van der Waals surface area contributed by atoms with E-state index >= 15 is 0 Å². The van der Waals surface area contributed by atoms with Crippen LogP contribution < -0.4 is 0 Å². The van der Waals surface area contributed by atoms with E-state index < -0.39 is 6.10 Å². The van der Waals surface area contributed by atoms with Crippen molar-refractivity contribution < 1.29 is 5.11 Å². The molecule has 0 saturated carbocycles. The highest BCUT2D eigenvalue weighted by Gasteiger charge is 2.12. The molecular weight excluding hydrogens is 230 g/mol. The average Bonchev–Trinajstić information content (AvgIpc) is 2.89. The number of aliphatic hydroxyl groups excluding tert-OH is 1. The summed E-state index contributed by atoms with van der Waals surface area (Å²) in [6.45, 7) is 2.09. The van der Waals surface area contributed by atoms with Gasteiger partial charge in [-0.3, -0.25) is 4.98 Å². The molecule has 2 aromatic heterocycles. The van der Waals surface area contributed by atoms with E-state index in [4.69, 9.17) is 0 Å². The first-order valence-corrected chi connectivity index (χ1v) is 6.88. The van der Waals surface area contributed by atoms with Crippen molar-refractivity contribution in [3.63, 3.8) is 0 Å². The number of aliphatic hydroxyl groups is 1. The molecule has 90 valence electrons. The molecule has 3 heteroatoms. The van der Waals surface area contributed by atoms with Crippen LogP contribution in [0.25, 0.3) is 0 Å². The molecule has 0 aliphatic carbocycles. The normalized spacial score (nSPS) is 12.6. The van der Waals surface area contributed by atoms with Crippen LogP contribution in [-0.4, -0.2) is 10.1 Å². The van der Waals surface area contributed by atoms with E-state index in [1.165, 1.54) is 5.56 Å². The second kappa shape index (κ2) is 5.94. The van der Waals surface area contributed by atoms with Crippen molar-refractivity contribution in [2.45, 2.75) is 32.3 Å². The number of hydrogen-bond acceptors (Lipinski definition) is 3. The van der Waals surface area contributed by atoms with Crippen LogP contribution in [0.5, 0.6) is 0 Å². The Labute approximate surface area is 106 Å². The van der Waals surface area contributed by atoms with Gasteiger partial charge < -0.3 is 5.11 Å². The number of aromatic nitrogens is 1. The van der Waals surface area contributed by atoms with Crippen LogP contribution in [0.4, 0.5) is 0 Å². The van der Waals surface area contributed by atoms with E-state index in [9.17, 15) is 5.11 Å². The first kappa shape index (κ1) is 12.3. The lowest BCUT2D eigenvalue weighted by Gasteiger charge is -2.13. The number of thiophene rings is 1. The van der Waals surface area contributed by atoms with E-state index in [2.05, 4.69) is 28.7 Å². The number of rotatable bonds is 5. The van der Waals surface area contributed by atoms with Gasteiger partial charge in [-0.1, -0.05) is 13.0 Å². The molecule has 1 unspecified atom stereocenters. The SMILES string of the molecule is CCc1cccnc1C(O)CCc1ccsc1. The van der Waals surface area contributed by atoms with Crippen molar-refractivity contribution in [3.05, 3.63) is 52.0 Å². The Hall–Kier alpha value is -1.19. The molecule has 1 atom stereocenters. The summed E-state index contributed by atoms with van der Waals surface area (Å²) < 4.78 is 0. The lowest BCUT2D eigenvalue weighted by Crippen LogP contribution is -2.05. The molecule has 2 aromatic rings. The van der Waals surface area contributed by atoms with Crippen LogP contribution in [0.3, 0.4) is 0 Å². The van der Waals surface area contributed by atoms with Crippen molar-refractivity contribution in [2.75, 3.05) is 0 Å². The molecule has 2 nitrogen and oxygen atoms in total. The van der Waals surface area contributed by atoms with Gasteiger partial charge in [0.2, 0.25) is 0 Å². The highest BCUT2D eigenvalue weighted by molar-refractivity contribution is 7.07. The van der Waals surface area contributed by atoms with Crippen LogP contribution >= 0.6 is 11.3 Å². The molecule has 2 rings (SSSR count). The molecule has 2 heterocycles. The van der Waals surface area contributed by atoms with Crippen LogP contribution in [0.2, 0.25) is 0 Å². The third-order valence-corrected chi connectivity index (χ3v) is 3.64. The van der Waals surface area contributed by atoms with E-state index in [1.807, 2.05) is 12.1 Å².